The van der Waals surface area contributed by atoms with E-state index >= 15 is 0 Å². The Labute approximate surface area is 113 Å². The van der Waals surface area contributed by atoms with Crippen LogP contribution in [0, 0.1) is 0 Å². The van der Waals surface area contributed by atoms with Crippen molar-refractivity contribution in [1.29, 1.82) is 0 Å². The quantitative estimate of drug-likeness (QED) is 0.900. The van der Waals surface area contributed by atoms with Gasteiger partial charge in [0.1, 0.15) is 0 Å². The molecule has 1 rings (SSSR count). The largest absolute Gasteiger partial charge is 0.372 e. The number of nitrogens with two attached hydrogens (primary N) is 1. The van der Waals surface area contributed by atoms with Crippen LogP contribution in [0.2, 0.25) is 0 Å². The van der Waals surface area contributed by atoms with Gasteiger partial charge in [0.2, 0.25) is 0 Å². The molecule has 2 atom stereocenters. The van der Waals surface area contributed by atoms with Gasteiger partial charge in [-0.2, -0.15) is 0 Å². The Morgan fingerprint density at radius 3 is 2.53 bits per heavy atom. The maximum atomic E-state index is 5.91. The first-order chi connectivity index (χ1) is 7.95. The van der Waals surface area contributed by atoms with Crippen LogP contribution in [0.5, 0.6) is 0 Å². The fraction of sp³-hybridized carbons (Fsp3) is 0.571. The molecule has 1 aromatic carbocycles. The van der Waals surface area contributed by atoms with Gasteiger partial charge < -0.3 is 10.6 Å². The van der Waals surface area contributed by atoms with Crippen molar-refractivity contribution in [2.45, 2.75) is 45.7 Å². The van der Waals surface area contributed by atoms with Crippen molar-refractivity contribution in [2.24, 2.45) is 5.73 Å². The second kappa shape index (κ2) is 6.41. The molecule has 0 radical (unpaired) electrons. The SMILES string of the molecule is CCC(C)N(C)c1cc(Br)ccc1CC(C)N. The minimum atomic E-state index is 0.195. The smallest absolute Gasteiger partial charge is 0.0410 e. The van der Waals surface area contributed by atoms with Gasteiger partial charge in [-0.05, 0) is 44.4 Å². The van der Waals surface area contributed by atoms with Gasteiger partial charge >= 0.3 is 0 Å². The first-order valence-electron chi connectivity index (χ1n) is 6.22. The van der Waals surface area contributed by atoms with E-state index in [0.29, 0.717) is 6.04 Å². The molecule has 0 heterocycles. The first-order valence-corrected chi connectivity index (χ1v) is 7.01. The van der Waals surface area contributed by atoms with E-state index in [0.717, 1.165) is 17.3 Å². The van der Waals surface area contributed by atoms with Crippen LogP contribution >= 0.6 is 15.9 Å². The third-order valence-electron chi connectivity index (χ3n) is 3.22. The van der Waals surface area contributed by atoms with Crippen molar-refractivity contribution in [2.75, 3.05) is 11.9 Å². The Balaban J connectivity index is 3.05. The fourth-order valence-electron chi connectivity index (χ4n) is 1.90. The average Bonchev–Trinajstić information content (AvgIpc) is 2.29. The maximum absolute atomic E-state index is 5.91. The second-order valence-corrected chi connectivity index (χ2v) is 5.74. The zero-order valence-electron chi connectivity index (χ0n) is 11.2. The van der Waals surface area contributed by atoms with Crippen LogP contribution < -0.4 is 10.6 Å². The highest BCUT2D eigenvalue weighted by Crippen LogP contribution is 2.27. The number of nitrogens with zero attached hydrogens (tertiary/aromatic N) is 1. The predicted molar refractivity (Wildman–Crippen MR) is 79.7 cm³/mol. The highest BCUT2D eigenvalue weighted by Gasteiger charge is 2.13. The van der Waals surface area contributed by atoms with Gasteiger partial charge in [-0.15, -0.1) is 0 Å². The Morgan fingerprint density at radius 2 is 2.00 bits per heavy atom. The third kappa shape index (κ3) is 4.00. The van der Waals surface area contributed by atoms with E-state index in [1.54, 1.807) is 0 Å². The predicted octanol–water partition coefficient (Wildman–Crippen LogP) is 3.57. The molecular weight excluding hydrogens is 276 g/mol. The number of hydrogen-bond acceptors (Lipinski definition) is 2. The minimum Gasteiger partial charge on any atom is -0.372 e. The zero-order chi connectivity index (χ0) is 13.0. The maximum Gasteiger partial charge on any atom is 0.0410 e. The molecule has 0 bridgehead atoms. The van der Waals surface area contributed by atoms with Crippen molar-refractivity contribution in [3.8, 4) is 0 Å². The molecule has 3 heteroatoms. The molecule has 96 valence electrons. The van der Waals surface area contributed by atoms with Crippen LogP contribution in [0.25, 0.3) is 0 Å². The topological polar surface area (TPSA) is 29.3 Å². The Bertz CT molecular complexity index is 363. The molecule has 17 heavy (non-hydrogen) atoms. The van der Waals surface area contributed by atoms with Crippen molar-refractivity contribution in [3.63, 3.8) is 0 Å². The van der Waals surface area contributed by atoms with Crippen LogP contribution in [0.3, 0.4) is 0 Å². The summed E-state index contributed by atoms with van der Waals surface area (Å²) >= 11 is 3.54. The Hall–Kier alpha value is -0.540. The molecule has 1 aromatic rings. The lowest BCUT2D eigenvalue weighted by Gasteiger charge is -2.29. The molecule has 0 amide bonds. The van der Waals surface area contributed by atoms with E-state index < -0.39 is 0 Å². The molecule has 2 unspecified atom stereocenters. The first kappa shape index (κ1) is 14.5. The molecule has 2 N–H and O–H groups in total. The van der Waals surface area contributed by atoms with E-state index in [2.05, 4.69) is 66.8 Å². The van der Waals surface area contributed by atoms with Gasteiger partial charge in [0.25, 0.3) is 0 Å². The van der Waals surface area contributed by atoms with Crippen LogP contribution in [0.15, 0.2) is 22.7 Å². The van der Waals surface area contributed by atoms with E-state index in [9.17, 15) is 0 Å². The summed E-state index contributed by atoms with van der Waals surface area (Å²) in [5, 5.41) is 0. The number of halogens is 1. The number of anilines is 1. The lowest BCUT2D eigenvalue weighted by atomic mass is 10.0. The van der Waals surface area contributed by atoms with Crippen molar-refractivity contribution < 1.29 is 0 Å². The van der Waals surface area contributed by atoms with Gasteiger partial charge in [0.05, 0.1) is 0 Å². The van der Waals surface area contributed by atoms with Crippen molar-refractivity contribution in [3.05, 3.63) is 28.2 Å². The zero-order valence-corrected chi connectivity index (χ0v) is 12.8. The summed E-state index contributed by atoms with van der Waals surface area (Å²) in [7, 11) is 2.15. The summed E-state index contributed by atoms with van der Waals surface area (Å²) in [6.45, 7) is 6.51. The number of rotatable bonds is 5. The Morgan fingerprint density at radius 1 is 1.35 bits per heavy atom. The molecule has 0 fully saturated rings. The average molecular weight is 299 g/mol. The summed E-state index contributed by atoms with van der Waals surface area (Å²) < 4.78 is 1.12. The highest BCUT2D eigenvalue weighted by molar-refractivity contribution is 9.10. The van der Waals surface area contributed by atoms with E-state index in [1.165, 1.54) is 11.3 Å². The monoisotopic (exact) mass is 298 g/mol. The number of benzene rings is 1. The lowest BCUT2D eigenvalue weighted by molar-refractivity contribution is 0.656. The van der Waals surface area contributed by atoms with Crippen molar-refractivity contribution >= 4 is 21.6 Å². The molecule has 2 nitrogen and oxygen atoms in total. The third-order valence-corrected chi connectivity index (χ3v) is 3.71. The van der Waals surface area contributed by atoms with E-state index in [1.807, 2.05) is 0 Å². The standard InChI is InChI=1S/C14H23BrN2/c1-5-11(3)17(4)14-9-13(15)7-6-12(14)8-10(2)16/h6-7,9-11H,5,8,16H2,1-4H3. The Kier molecular flexibility index (Phi) is 5.47. The van der Waals surface area contributed by atoms with Crippen LogP contribution in [0.1, 0.15) is 32.8 Å². The summed E-state index contributed by atoms with van der Waals surface area (Å²) in [5.41, 5.74) is 8.52. The van der Waals surface area contributed by atoms with Crippen LogP contribution in [-0.2, 0) is 6.42 Å². The molecule has 0 aromatic heterocycles. The minimum absolute atomic E-state index is 0.195. The van der Waals surface area contributed by atoms with Gasteiger partial charge in [0, 0.05) is 29.3 Å². The second-order valence-electron chi connectivity index (χ2n) is 4.82. The lowest BCUT2D eigenvalue weighted by Crippen LogP contribution is -2.30. The molecule has 0 aliphatic heterocycles. The molecule has 0 saturated carbocycles. The van der Waals surface area contributed by atoms with Crippen LogP contribution in [0.4, 0.5) is 5.69 Å². The number of hydrogen-bond donors (Lipinski definition) is 1. The van der Waals surface area contributed by atoms with Crippen LogP contribution in [-0.4, -0.2) is 19.1 Å². The van der Waals surface area contributed by atoms with Crippen molar-refractivity contribution in [1.82, 2.24) is 0 Å². The summed E-state index contributed by atoms with van der Waals surface area (Å²) in [4.78, 5) is 2.34. The summed E-state index contributed by atoms with van der Waals surface area (Å²) in [5.74, 6) is 0. The van der Waals surface area contributed by atoms with Gasteiger partial charge in [-0.3, -0.25) is 0 Å². The molecule has 0 aliphatic rings. The van der Waals surface area contributed by atoms with E-state index in [4.69, 9.17) is 5.73 Å². The normalized spacial score (nSPS) is 14.5. The fourth-order valence-corrected chi connectivity index (χ4v) is 2.25. The van der Waals surface area contributed by atoms with E-state index in [-0.39, 0.29) is 6.04 Å². The van der Waals surface area contributed by atoms with Gasteiger partial charge in [0.15, 0.2) is 0 Å². The molecule has 0 spiro atoms. The van der Waals surface area contributed by atoms with Gasteiger partial charge in [-0.1, -0.05) is 28.9 Å². The summed E-state index contributed by atoms with van der Waals surface area (Å²) in [6, 6.07) is 7.17. The summed E-state index contributed by atoms with van der Waals surface area (Å²) in [6.07, 6.45) is 2.06. The highest BCUT2D eigenvalue weighted by atomic mass is 79.9. The molecule has 0 aliphatic carbocycles. The van der Waals surface area contributed by atoms with Gasteiger partial charge in [-0.25, -0.2) is 0 Å². The molecular formula is C14H23BrN2. The molecule has 0 saturated heterocycles.